The number of hydrogen-bond acceptors (Lipinski definition) is 2. The van der Waals surface area contributed by atoms with E-state index in [1.165, 1.54) is 6.92 Å². The van der Waals surface area contributed by atoms with Crippen molar-refractivity contribution >= 4 is 28.3 Å². The summed E-state index contributed by atoms with van der Waals surface area (Å²) < 4.78 is 49.1. The topological polar surface area (TPSA) is 17.8 Å². The Morgan fingerprint density at radius 3 is 2.19 bits per heavy atom. The van der Waals surface area contributed by atoms with Crippen LogP contribution in [-0.4, -0.2) is 15.4 Å². The first-order chi connectivity index (χ1) is 7.35. The Kier molecular flexibility index (Phi) is 6.39. The molecule has 94 valence electrons. The normalized spacial score (nSPS) is 11.0. The van der Waals surface area contributed by atoms with Crippen LogP contribution in [0.1, 0.15) is 25.1 Å². The highest BCUT2D eigenvalue weighted by Crippen LogP contribution is 2.29. The van der Waals surface area contributed by atoms with Crippen LogP contribution in [0.4, 0.5) is 17.1 Å². The maximum Gasteiger partial charge on any atom is 0.393 e. The second-order valence-electron chi connectivity index (χ2n) is 2.59. The number of alkyl halides is 3. The summed E-state index contributed by atoms with van der Waals surface area (Å²) in [5.74, 6) is 0. The summed E-state index contributed by atoms with van der Waals surface area (Å²) in [7, 11) is 0. The van der Waals surface area contributed by atoms with Gasteiger partial charge < -0.3 is 0 Å². The van der Waals surface area contributed by atoms with E-state index in [4.69, 9.17) is 0 Å². The maximum atomic E-state index is 12.1. The van der Waals surface area contributed by atoms with E-state index >= 15 is 0 Å². The molecule has 0 bridgehead atoms. The van der Waals surface area contributed by atoms with Gasteiger partial charge in [0.25, 0.3) is 0 Å². The fourth-order valence-electron chi connectivity index (χ4n) is 0.948. The number of nitrogens with zero attached hydrogens (tertiary/aromatic N) is 2. The average Bonchev–Trinajstić information content (AvgIpc) is 2.46. The molecule has 8 heteroatoms. The molecular weight excluding hydrogens is 312 g/mol. The third-order valence-electron chi connectivity index (χ3n) is 1.59. The summed E-state index contributed by atoms with van der Waals surface area (Å²) in [5.41, 5.74) is 0.115. The molecule has 0 amide bonds. The lowest BCUT2D eigenvalue weighted by atomic mass is 10.2. The van der Waals surface area contributed by atoms with Crippen molar-refractivity contribution in [2.45, 2.75) is 33.4 Å². The second-order valence-corrected chi connectivity index (χ2v) is 3.82. The molecule has 1 heterocycles. The first-order valence-corrected chi connectivity index (χ1v) is 5.91. The molecule has 0 unspecified atom stereocenters. The molecule has 0 radical (unpaired) electrons. The average molecular weight is 323 g/mol. The minimum atomic E-state index is -4.32. The van der Waals surface area contributed by atoms with E-state index in [0.717, 1.165) is 4.09 Å². The zero-order valence-corrected chi connectivity index (χ0v) is 11.3. The van der Waals surface area contributed by atoms with E-state index < -0.39 is 12.6 Å². The Labute approximate surface area is 104 Å². The smallest absolute Gasteiger partial charge is 0.180 e. The molecule has 0 saturated heterocycles. The van der Waals surface area contributed by atoms with E-state index in [9.17, 15) is 17.1 Å². The molecule has 0 aromatic carbocycles. The Bertz CT molecular complexity index is 338. The molecule has 0 atom stereocenters. The summed E-state index contributed by atoms with van der Waals surface area (Å²) in [6.07, 6.45) is -5.43. The fourth-order valence-corrected chi connectivity index (χ4v) is 1.97. The molecule has 1 aromatic heterocycles. The standard InChI is InChI=1S/C6H5BrF4N2S.C2H6/c1-3-4(2-6(8,9)10)5(7)12-13(3)14-11;1-2/h2H2,1H3;1-2H3. The van der Waals surface area contributed by atoms with Crippen molar-refractivity contribution < 1.29 is 17.1 Å². The Hall–Kier alpha value is -0.240. The third kappa shape index (κ3) is 4.32. The quantitative estimate of drug-likeness (QED) is 0.748. The number of rotatable bonds is 2. The molecule has 1 aromatic rings. The van der Waals surface area contributed by atoms with Gasteiger partial charge in [-0.3, -0.25) is 0 Å². The lowest BCUT2D eigenvalue weighted by Gasteiger charge is -2.05. The summed E-state index contributed by atoms with van der Waals surface area (Å²) >= 11 is 2.61. The van der Waals surface area contributed by atoms with Gasteiger partial charge in [0.05, 0.1) is 12.1 Å². The number of halogens is 5. The van der Waals surface area contributed by atoms with Gasteiger partial charge in [0, 0.05) is 5.56 Å². The highest BCUT2D eigenvalue weighted by atomic mass is 79.9. The summed E-state index contributed by atoms with van der Waals surface area (Å²) in [4.78, 5) is 0. The monoisotopic (exact) mass is 322 g/mol. The molecule has 0 saturated carbocycles. The zero-order valence-electron chi connectivity index (χ0n) is 8.90. The van der Waals surface area contributed by atoms with Crippen LogP contribution >= 0.6 is 28.3 Å². The number of hydrogen-bond donors (Lipinski definition) is 0. The van der Waals surface area contributed by atoms with Crippen molar-refractivity contribution in [1.82, 2.24) is 9.19 Å². The van der Waals surface area contributed by atoms with E-state index in [0.29, 0.717) is 0 Å². The lowest BCUT2D eigenvalue weighted by Crippen LogP contribution is -2.12. The van der Waals surface area contributed by atoms with Gasteiger partial charge in [-0.25, -0.2) is 0 Å². The highest BCUT2D eigenvalue weighted by molar-refractivity contribution is 9.10. The molecule has 0 spiro atoms. The van der Waals surface area contributed by atoms with E-state index in [-0.39, 0.29) is 28.2 Å². The van der Waals surface area contributed by atoms with Crippen LogP contribution in [0.15, 0.2) is 4.60 Å². The molecule has 0 N–H and O–H groups in total. The van der Waals surface area contributed by atoms with Gasteiger partial charge in [-0.05, 0) is 22.9 Å². The molecule has 0 aliphatic carbocycles. The summed E-state index contributed by atoms with van der Waals surface area (Å²) in [6.45, 7) is 5.38. The minimum Gasteiger partial charge on any atom is -0.180 e. The van der Waals surface area contributed by atoms with Gasteiger partial charge in [0.1, 0.15) is 4.60 Å². The van der Waals surface area contributed by atoms with E-state index in [2.05, 4.69) is 21.0 Å². The Morgan fingerprint density at radius 2 is 1.88 bits per heavy atom. The second kappa shape index (κ2) is 6.48. The van der Waals surface area contributed by atoms with Gasteiger partial charge in [-0.15, -0.1) is 3.89 Å². The molecule has 16 heavy (non-hydrogen) atoms. The van der Waals surface area contributed by atoms with Crippen LogP contribution in [0.25, 0.3) is 0 Å². The first-order valence-electron chi connectivity index (χ1n) is 4.45. The van der Waals surface area contributed by atoms with E-state index in [1.54, 1.807) is 0 Å². The van der Waals surface area contributed by atoms with Gasteiger partial charge >= 0.3 is 6.18 Å². The summed E-state index contributed by atoms with van der Waals surface area (Å²) in [6, 6.07) is 0. The van der Waals surface area contributed by atoms with Crippen molar-refractivity contribution in [2.24, 2.45) is 0 Å². The Balaban J connectivity index is 0.00000106. The number of aromatic nitrogens is 2. The van der Waals surface area contributed by atoms with Crippen LogP contribution in [0.2, 0.25) is 0 Å². The van der Waals surface area contributed by atoms with Crippen molar-refractivity contribution in [2.75, 3.05) is 0 Å². The zero-order chi connectivity index (χ0) is 12.9. The lowest BCUT2D eigenvalue weighted by molar-refractivity contribution is -0.127. The van der Waals surface area contributed by atoms with Gasteiger partial charge in [0.15, 0.2) is 12.3 Å². The van der Waals surface area contributed by atoms with Crippen molar-refractivity contribution in [1.29, 1.82) is 0 Å². The predicted molar refractivity (Wildman–Crippen MR) is 59.9 cm³/mol. The van der Waals surface area contributed by atoms with Crippen LogP contribution in [0.5, 0.6) is 0 Å². The first kappa shape index (κ1) is 15.8. The largest absolute Gasteiger partial charge is 0.393 e. The third-order valence-corrected chi connectivity index (χ3v) is 2.72. The van der Waals surface area contributed by atoms with Crippen LogP contribution in [0.3, 0.4) is 0 Å². The summed E-state index contributed by atoms with van der Waals surface area (Å²) in [5, 5.41) is 3.53. The van der Waals surface area contributed by atoms with Crippen molar-refractivity contribution in [3.63, 3.8) is 0 Å². The van der Waals surface area contributed by atoms with Gasteiger partial charge in [0.2, 0.25) is 0 Å². The van der Waals surface area contributed by atoms with Gasteiger partial charge in [-0.2, -0.15) is 22.4 Å². The minimum absolute atomic E-state index is 0.0254. The highest BCUT2D eigenvalue weighted by Gasteiger charge is 2.31. The van der Waals surface area contributed by atoms with Crippen molar-refractivity contribution in [3.05, 3.63) is 15.9 Å². The van der Waals surface area contributed by atoms with E-state index in [1.807, 2.05) is 13.8 Å². The molecule has 0 aliphatic rings. The molecule has 1 rings (SSSR count). The predicted octanol–water partition coefficient (Wildman–Crippen LogP) is 4.47. The molecule has 0 aliphatic heterocycles. The molecular formula is C8H11BrF4N2S. The van der Waals surface area contributed by atoms with Crippen LogP contribution in [0, 0.1) is 6.92 Å². The maximum absolute atomic E-state index is 12.1. The van der Waals surface area contributed by atoms with Gasteiger partial charge in [-0.1, -0.05) is 13.8 Å². The molecule has 2 nitrogen and oxygen atoms in total. The van der Waals surface area contributed by atoms with Crippen molar-refractivity contribution in [3.8, 4) is 0 Å². The fraction of sp³-hybridized carbons (Fsp3) is 0.625. The molecule has 0 fully saturated rings. The van der Waals surface area contributed by atoms with Crippen LogP contribution < -0.4 is 0 Å². The van der Waals surface area contributed by atoms with Crippen LogP contribution in [-0.2, 0) is 6.42 Å². The SMILES string of the molecule is CC.Cc1c(CC(F)(F)F)c(Br)nn1SF. The Morgan fingerprint density at radius 1 is 1.38 bits per heavy atom.